The van der Waals surface area contributed by atoms with E-state index in [0.717, 1.165) is 37.2 Å². The first-order chi connectivity index (χ1) is 8.58. The Balaban J connectivity index is 0.000000283. The standard InChI is InChI=1S/C7H7F.C7H12O.C2H6/c1-6-3-2-4-7(8)5-6;1-6-2-4-7(8)5-3-6;1-2/h2-5H,1H3;6H,2-5H2,1H3;1-2H3. The Labute approximate surface area is 110 Å². The zero-order chi connectivity index (χ0) is 14.0. The molecule has 102 valence electrons. The second-order valence-corrected chi connectivity index (χ2v) is 4.52. The highest BCUT2D eigenvalue weighted by Gasteiger charge is 2.13. The van der Waals surface area contributed by atoms with E-state index in [1.807, 2.05) is 26.8 Å². The molecule has 1 aliphatic rings. The fraction of sp³-hybridized carbons (Fsp3) is 0.562. The topological polar surface area (TPSA) is 17.1 Å². The lowest BCUT2D eigenvalue weighted by molar-refractivity contribution is -0.120. The van der Waals surface area contributed by atoms with Gasteiger partial charge in [-0.2, -0.15) is 0 Å². The second-order valence-electron chi connectivity index (χ2n) is 4.52. The fourth-order valence-electron chi connectivity index (χ4n) is 1.69. The van der Waals surface area contributed by atoms with Crippen molar-refractivity contribution in [2.45, 2.75) is 53.4 Å². The molecule has 1 aromatic rings. The van der Waals surface area contributed by atoms with Gasteiger partial charge in [-0.1, -0.05) is 32.9 Å². The van der Waals surface area contributed by atoms with E-state index >= 15 is 0 Å². The van der Waals surface area contributed by atoms with Crippen LogP contribution in [-0.4, -0.2) is 5.78 Å². The van der Waals surface area contributed by atoms with Crippen LogP contribution >= 0.6 is 0 Å². The largest absolute Gasteiger partial charge is 0.300 e. The molecule has 0 atom stereocenters. The SMILES string of the molecule is CC.CC1CCC(=O)CC1.Cc1cccc(F)c1. The predicted molar refractivity (Wildman–Crippen MR) is 75.1 cm³/mol. The Hall–Kier alpha value is -1.18. The van der Waals surface area contributed by atoms with E-state index in [9.17, 15) is 9.18 Å². The summed E-state index contributed by atoms with van der Waals surface area (Å²) >= 11 is 0. The first-order valence-corrected chi connectivity index (χ1v) is 6.82. The number of hydrogen-bond donors (Lipinski definition) is 0. The molecule has 0 amide bonds. The molecule has 0 spiro atoms. The smallest absolute Gasteiger partial charge is 0.132 e. The molecule has 18 heavy (non-hydrogen) atoms. The summed E-state index contributed by atoms with van der Waals surface area (Å²) in [7, 11) is 0. The summed E-state index contributed by atoms with van der Waals surface area (Å²) in [5.41, 5.74) is 0.963. The first kappa shape index (κ1) is 16.8. The maximum absolute atomic E-state index is 12.2. The van der Waals surface area contributed by atoms with E-state index in [1.54, 1.807) is 6.07 Å². The van der Waals surface area contributed by atoms with Gasteiger partial charge in [-0.25, -0.2) is 4.39 Å². The Bertz CT molecular complexity index is 319. The minimum Gasteiger partial charge on any atom is -0.300 e. The third-order valence-electron chi connectivity index (χ3n) is 2.81. The maximum Gasteiger partial charge on any atom is 0.132 e. The van der Waals surface area contributed by atoms with Crippen LogP contribution in [0.3, 0.4) is 0 Å². The molecule has 1 nitrogen and oxygen atoms in total. The van der Waals surface area contributed by atoms with Crippen LogP contribution in [0, 0.1) is 18.7 Å². The van der Waals surface area contributed by atoms with Crippen molar-refractivity contribution in [3.05, 3.63) is 35.6 Å². The zero-order valence-corrected chi connectivity index (χ0v) is 12.0. The van der Waals surface area contributed by atoms with Crippen molar-refractivity contribution in [2.75, 3.05) is 0 Å². The summed E-state index contributed by atoms with van der Waals surface area (Å²) in [6.45, 7) is 8.08. The molecule has 0 heterocycles. The van der Waals surface area contributed by atoms with Crippen LogP contribution < -0.4 is 0 Å². The average molecular weight is 252 g/mol. The number of aryl methyl sites for hydroxylation is 1. The fourth-order valence-corrected chi connectivity index (χ4v) is 1.69. The summed E-state index contributed by atoms with van der Waals surface area (Å²) in [4.78, 5) is 10.6. The maximum atomic E-state index is 12.2. The molecular weight excluding hydrogens is 227 g/mol. The quantitative estimate of drug-likeness (QED) is 0.640. The van der Waals surface area contributed by atoms with Gasteiger partial charge in [-0.05, 0) is 43.4 Å². The molecule has 0 saturated heterocycles. The van der Waals surface area contributed by atoms with E-state index in [1.165, 1.54) is 12.1 Å². The number of halogens is 1. The zero-order valence-electron chi connectivity index (χ0n) is 12.0. The van der Waals surface area contributed by atoms with Gasteiger partial charge < -0.3 is 0 Å². The van der Waals surface area contributed by atoms with Crippen molar-refractivity contribution < 1.29 is 9.18 Å². The van der Waals surface area contributed by atoms with Crippen LogP contribution in [0.5, 0.6) is 0 Å². The third-order valence-corrected chi connectivity index (χ3v) is 2.81. The van der Waals surface area contributed by atoms with Gasteiger partial charge in [0.1, 0.15) is 11.6 Å². The summed E-state index contributed by atoms with van der Waals surface area (Å²) < 4.78 is 12.2. The van der Waals surface area contributed by atoms with Crippen molar-refractivity contribution in [2.24, 2.45) is 5.92 Å². The van der Waals surface area contributed by atoms with Gasteiger partial charge in [0.2, 0.25) is 0 Å². The van der Waals surface area contributed by atoms with Gasteiger partial charge >= 0.3 is 0 Å². The van der Waals surface area contributed by atoms with Crippen LogP contribution in [0.2, 0.25) is 0 Å². The molecule has 0 radical (unpaired) electrons. The number of rotatable bonds is 0. The van der Waals surface area contributed by atoms with Gasteiger partial charge in [0, 0.05) is 12.8 Å². The lowest BCUT2D eigenvalue weighted by Crippen LogP contribution is -2.10. The Kier molecular flexibility index (Phi) is 9.17. The molecule has 0 aromatic heterocycles. The molecule has 0 bridgehead atoms. The van der Waals surface area contributed by atoms with Crippen LogP contribution in [0.4, 0.5) is 4.39 Å². The molecule has 1 aliphatic carbocycles. The third kappa shape index (κ3) is 7.99. The van der Waals surface area contributed by atoms with Crippen LogP contribution in [0.1, 0.15) is 52.0 Å². The Morgan fingerprint density at radius 1 is 1.17 bits per heavy atom. The van der Waals surface area contributed by atoms with E-state index in [-0.39, 0.29) is 5.82 Å². The van der Waals surface area contributed by atoms with Crippen LogP contribution in [-0.2, 0) is 4.79 Å². The number of benzene rings is 1. The first-order valence-electron chi connectivity index (χ1n) is 6.82. The number of carbonyl (C=O) groups is 1. The van der Waals surface area contributed by atoms with Crippen molar-refractivity contribution in [1.29, 1.82) is 0 Å². The van der Waals surface area contributed by atoms with E-state index < -0.39 is 0 Å². The molecule has 2 heteroatoms. The van der Waals surface area contributed by atoms with Crippen LogP contribution in [0.25, 0.3) is 0 Å². The number of hydrogen-bond acceptors (Lipinski definition) is 1. The van der Waals surface area contributed by atoms with Crippen molar-refractivity contribution in [1.82, 2.24) is 0 Å². The summed E-state index contributed by atoms with van der Waals surface area (Å²) in [6.07, 6.45) is 3.92. The monoisotopic (exact) mass is 252 g/mol. The van der Waals surface area contributed by atoms with Crippen molar-refractivity contribution >= 4 is 5.78 Å². The van der Waals surface area contributed by atoms with E-state index in [2.05, 4.69) is 6.92 Å². The molecule has 1 aromatic carbocycles. The van der Waals surface area contributed by atoms with E-state index in [0.29, 0.717) is 5.78 Å². The highest BCUT2D eigenvalue weighted by molar-refractivity contribution is 5.78. The molecule has 1 saturated carbocycles. The van der Waals surface area contributed by atoms with E-state index in [4.69, 9.17) is 0 Å². The second kappa shape index (κ2) is 9.81. The molecule has 2 rings (SSSR count). The number of ketones is 1. The predicted octanol–water partition coefficient (Wildman–Crippen LogP) is 4.93. The minimum atomic E-state index is -0.162. The molecular formula is C16H25FO. The lowest BCUT2D eigenvalue weighted by atomic mass is 9.90. The average Bonchev–Trinajstić information content (AvgIpc) is 2.36. The Morgan fingerprint density at radius 3 is 2.06 bits per heavy atom. The summed E-state index contributed by atoms with van der Waals surface area (Å²) in [6, 6.07) is 6.50. The number of carbonyl (C=O) groups excluding carboxylic acids is 1. The normalized spacial score (nSPS) is 15.1. The molecule has 0 unspecified atom stereocenters. The summed E-state index contributed by atoms with van der Waals surface area (Å²) in [5, 5.41) is 0. The van der Waals surface area contributed by atoms with Crippen LogP contribution in [0.15, 0.2) is 24.3 Å². The van der Waals surface area contributed by atoms with Gasteiger partial charge in [-0.15, -0.1) is 0 Å². The summed E-state index contributed by atoms with van der Waals surface area (Å²) in [5.74, 6) is 1.10. The molecule has 0 N–H and O–H groups in total. The number of Topliss-reactive ketones (excluding diaryl/α,β-unsaturated/α-hetero) is 1. The highest BCUT2D eigenvalue weighted by Crippen LogP contribution is 2.19. The minimum absolute atomic E-state index is 0.162. The Morgan fingerprint density at radius 2 is 1.72 bits per heavy atom. The van der Waals surface area contributed by atoms with Gasteiger partial charge in [0.15, 0.2) is 0 Å². The molecule has 1 fully saturated rings. The van der Waals surface area contributed by atoms with Gasteiger partial charge in [-0.3, -0.25) is 4.79 Å². The highest BCUT2D eigenvalue weighted by atomic mass is 19.1. The lowest BCUT2D eigenvalue weighted by Gasteiger charge is -2.14. The van der Waals surface area contributed by atoms with Crippen molar-refractivity contribution in [3.63, 3.8) is 0 Å². The van der Waals surface area contributed by atoms with Gasteiger partial charge in [0.05, 0.1) is 0 Å². The van der Waals surface area contributed by atoms with Gasteiger partial charge in [0.25, 0.3) is 0 Å². The van der Waals surface area contributed by atoms with Crippen molar-refractivity contribution in [3.8, 4) is 0 Å². The molecule has 0 aliphatic heterocycles.